The molecule has 1 aromatic carbocycles. The molecule has 2 heterocycles. The summed E-state index contributed by atoms with van der Waals surface area (Å²) in [6.45, 7) is 1.46. The highest BCUT2D eigenvalue weighted by Crippen LogP contribution is 2.45. The molecule has 1 amide bonds. The van der Waals surface area contributed by atoms with Gasteiger partial charge in [0.25, 0.3) is 5.91 Å². The number of thiophene rings is 1. The van der Waals surface area contributed by atoms with Gasteiger partial charge in [-0.15, -0.1) is 11.3 Å². The normalized spacial score (nSPS) is 14.6. The summed E-state index contributed by atoms with van der Waals surface area (Å²) in [5, 5.41) is 3.75. The number of methoxy groups -OCH3 is 2. The number of amides is 1. The molecule has 2 aromatic heterocycles. The number of ether oxygens (including phenoxy) is 3. The standard InChI is InChI=1S/C23H21NO8S/c1-11-8-18(26)32-15-9-12(4-5-13(11)15)31-10-17(25)24-21-20(23(28)30-3)19-14(22(27)29-2)6-7-16(19)33-21/h4-5,8-9,14H,6-7,10H2,1-3H3,(H,24,25). The Morgan fingerprint density at radius 1 is 1.18 bits per heavy atom. The van der Waals surface area contributed by atoms with Crippen molar-refractivity contribution in [2.24, 2.45) is 0 Å². The zero-order chi connectivity index (χ0) is 23.7. The topological polar surface area (TPSA) is 121 Å². The number of benzene rings is 1. The zero-order valence-electron chi connectivity index (χ0n) is 18.2. The van der Waals surface area contributed by atoms with Crippen molar-refractivity contribution in [1.82, 2.24) is 0 Å². The van der Waals surface area contributed by atoms with Gasteiger partial charge in [-0.3, -0.25) is 9.59 Å². The van der Waals surface area contributed by atoms with Crippen LogP contribution in [0.15, 0.2) is 33.5 Å². The molecule has 0 saturated carbocycles. The van der Waals surface area contributed by atoms with E-state index >= 15 is 0 Å². The molecule has 9 nitrogen and oxygen atoms in total. The van der Waals surface area contributed by atoms with Crippen molar-refractivity contribution < 1.29 is 33.0 Å². The Balaban J connectivity index is 1.52. The van der Waals surface area contributed by atoms with Crippen molar-refractivity contribution >= 4 is 45.2 Å². The fourth-order valence-electron chi connectivity index (χ4n) is 3.94. The number of rotatable bonds is 6. The van der Waals surface area contributed by atoms with Crippen LogP contribution in [0.3, 0.4) is 0 Å². The number of carbonyl (C=O) groups excluding carboxylic acids is 3. The second-order valence-electron chi connectivity index (χ2n) is 7.49. The molecule has 1 aliphatic rings. The minimum Gasteiger partial charge on any atom is -0.484 e. The van der Waals surface area contributed by atoms with E-state index in [1.165, 1.54) is 37.7 Å². The van der Waals surface area contributed by atoms with Crippen LogP contribution in [0.4, 0.5) is 5.00 Å². The van der Waals surface area contributed by atoms with Crippen LogP contribution in [0, 0.1) is 6.92 Å². The van der Waals surface area contributed by atoms with Gasteiger partial charge in [-0.2, -0.15) is 0 Å². The molecule has 0 fully saturated rings. The molecule has 1 aliphatic carbocycles. The van der Waals surface area contributed by atoms with E-state index in [4.69, 9.17) is 18.6 Å². The highest BCUT2D eigenvalue weighted by Gasteiger charge is 2.38. The summed E-state index contributed by atoms with van der Waals surface area (Å²) in [5.41, 5.74) is 1.38. The summed E-state index contributed by atoms with van der Waals surface area (Å²) in [5.74, 6) is -1.80. The third-order valence-electron chi connectivity index (χ3n) is 5.45. The summed E-state index contributed by atoms with van der Waals surface area (Å²) in [6, 6.07) is 6.35. The number of nitrogens with one attached hydrogen (secondary N) is 1. The Kier molecular flexibility index (Phi) is 6.19. The largest absolute Gasteiger partial charge is 0.484 e. The SMILES string of the molecule is COC(=O)c1c(NC(=O)COc2ccc3c(C)cc(=O)oc3c2)sc2c1C(C(=O)OC)CC2. The molecule has 0 radical (unpaired) electrons. The van der Waals surface area contributed by atoms with Crippen molar-refractivity contribution in [3.8, 4) is 5.75 Å². The number of esters is 2. The van der Waals surface area contributed by atoms with E-state index in [0.717, 1.165) is 15.8 Å². The number of hydrogen-bond acceptors (Lipinski definition) is 9. The Morgan fingerprint density at radius 3 is 2.70 bits per heavy atom. The first kappa shape index (κ1) is 22.5. The van der Waals surface area contributed by atoms with Gasteiger partial charge in [-0.1, -0.05) is 0 Å². The molecule has 4 rings (SSSR count). The molecule has 33 heavy (non-hydrogen) atoms. The van der Waals surface area contributed by atoms with Crippen LogP contribution in [0.5, 0.6) is 5.75 Å². The van der Waals surface area contributed by atoms with Gasteiger partial charge in [0.15, 0.2) is 6.61 Å². The monoisotopic (exact) mass is 471 g/mol. The van der Waals surface area contributed by atoms with Crippen LogP contribution in [-0.4, -0.2) is 38.7 Å². The minimum absolute atomic E-state index is 0.168. The first-order chi connectivity index (χ1) is 15.8. The highest BCUT2D eigenvalue weighted by atomic mass is 32.1. The molecule has 1 atom stereocenters. The average Bonchev–Trinajstić information content (AvgIpc) is 3.35. The van der Waals surface area contributed by atoms with E-state index in [9.17, 15) is 19.2 Å². The zero-order valence-corrected chi connectivity index (χ0v) is 19.0. The third kappa shape index (κ3) is 4.34. The van der Waals surface area contributed by atoms with E-state index in [0.29, 0.717) is 34.7 Å². The van der Waals surface area contributed by atoms with Gasteiger partial charge in [-0.05, 0) is 43.0 Å². The maximum Gasteiger partial charge on any atom is 0.341 e. The molecule has 1 unspecified atom stereocenters. The summed E-state index contributed by atoms with van der Waals surface area (Å²) < 4.78 is 20.5. The van der Waals surface area contributed by atoms with E-state index < -0.39 is 29.4 Å². The van der Waals surface area contributed by atoms with Crippen molar-refractivity contribution in [2.45, 2.75) is 25.7 Å². The average molecular weight is 471 g/mol. The summed E-state index contributed by atoms with van der Waals surface area (Å²) >= 11 is 1.23. The second-order valence-corrected chi connectivity index (χ2v) is 8.60. The lowest BCUT2D eigenvalue weighted by atomic mass is 9.99. The van der Waals surface area contributed by atoms with Crippen LogP contribution < -0.4 is 15.7 Å². The van der Waals surface area contributed by atoms with Gasteiger partial charge in [0.1, 0.15) is 16.3 Å². The lowest BCUT2D eigenvalue weighted by Crippen LogP contribution is -2.22. The summed E-state index contributed by atoms with van der Waals surface area (Å²) in [7, 11) is 2.53. The van der Waals surface area contributed by atoms with Gasteiger partial charge in [-0.25, -0.2) is 9.59 Å². The lowest BCUT2D eigenvalue weighted by Gasteiger charge is -2.12. The fourth-order valence-corrected chi connectivity index (χ4v) is 5.22. The van der Waals surface area contributed by atoms with Crippen LogP contribution in [0.1, 0.15) is 38.7 Å². The quantitative estimate of drug-likeness (QED) is 0.430. The predicted octanol–water partition coefficient (Wildman–Crippen LogP) is 3.17. The first-order valence-corrected chi connectivity index (χ1v) is 10.9. The Bertz CT molecular complexity index is 1320. The number of fused-ring (bicyclic) bond motifs is 2. The van der Waals surface area contributed by atoms with Gasteiger partial charge in [0.2, 0.25) is 0 Å². The van der Waals surface area contributed by atoms with Gasteiger partial charge < -0.3 is 23.9 Å². The van der Waals surface area contributed by atoms with E-state index in [-0.39, 0.29) is 12.2 Å². The van der Waals surface area contributed by atoms with Crippen molar-refractivity contribution in [1.29, 1.82) is 0 Å². The number of aryl methyl sites for hydroxylation is 2. The Hall–Kier alpha value is -3.66. The number of hydrogen-bond donors (Lipinski definition) is 1. The molecule has 0 spiro atoms. The van der Waals surface area contributed by atoms with Crippen molar-refractivity contribution in [3.05, 3.63) is 56.3 Å². The molecular weight excluding hydrogens is 450 g/mol. The third-order valence-corrected chi connectivity index (χ3v) is 6.63. The van der Waals surface area contributed by atoms with Gasteiger partial charge >= 0.3 is 17.6 Å². The summed E-state index contributed by atoms with van der Waals surface area (Å²) in [4.78, 5) is 49.6. The molecular formula is C23H21NO8S. The van der Waals surface area contributed by atoms with E-state index in [1.807, 2.05) is 0 Å². The summed E-state index contributed by atoms with van der Waals surface area (Å²) in [6.07, 6.45) is 1.13. The molecule has 1 N–H and O–H groups in total. The minimum atomic E-state index is -0.639. The number of carbonyl (C=O) groups is 3. The smallest absolute Gasteiger partial charge is 0.341 e. The van der Waals surface area contributed by atoms with Crippen LogP contribution in [-0.2, 0) is 25.5 Å². The molecule has 0 bridgehead atoms. The first-order valence-electron chi connectivity index (χ1n) is 10.1. The predicted molar refractivity (Wildman–Crippen MR) is 120 cm³/mol. The van der Waals surface area contributed by atoms with Crippen LogP contribution in [0.25, 0.3) is 11.0 Å². The van der Waals surface area contributed by atoms with Gasteiger partial charge in [0, 0.05) is 22.4 Å². The van der Waals surface area contributed by atoms with Crippen LogP contribution in [0.2, 0.25) is 0 Å². The van der Waals surface area contributed by atoms with Crippen molar-refractivity contribution in [2.75, 3.05) is 26.1 Å². The molecule has 10 heteroatoms. The highest BCUT2D eigenvalue weighted by molar-refractivity contribution is 7.17. The maximum absolute atomic E-state index is 12.6. The Labute approximate surface area is 192 Å². The molecule has 0 saturated heterocycles. The maximum atomic E-state index is 12.6. The molecule has 0 aliphatic heterocycles. The van der Waals surface area contributed by atoms with Crippen LogP contribution >= 0.6 is 11.3 Å². The second kappa shape index (κ2) is 9.07. The van der Waals surface area contributed by atoms with Crippen molar-refractivity contribution in [3.63, 3.8) is 0 Å². The Morgan fingerprint density at radius 2 is 1.97 bits per heavy atom. The fraction of sp³-hybridized carbons (Fsp3) is 0.304. The molecule has 3 aromatic rings. The lowest BCUT2D eigenvalue weighted by molar-refractivity contribution is -0.142. The molecule has 172 valence electrons. The number of anilines is 1. The van der Waals surface area contributed by atoms with Gasteiger partial charge in [0.05, 0.1) is 25.7 Å². The van der Waals surface area contributed by atoms with E-state index in [1.54, 1.807) is 19.1 Å². The van der Waals surface area contributed by atoms with E-state index in [2.05, 4.69) is 5.32 Å².